The monoisotopic (exact) mass is 307 g/mol. The lowest BCUT2D eigenvalue weighted by molar-refractivity contribution is 0.398. The molecule has 0 amide bonds. The molecule has 0 aliphatic heterocycles. The molecule has 0 aliphatic carbocycles. The van der Waals surface area contributed by atoms with Gasteiger partial charge in [0.1, 0.15) is 0 Å². The van der Waals surface area contributed by atoms with Crippen molar-refractivity contribution in [3.8, 4) is 11.6 Å². The summed E-state index contributed by atoms with van der Waals surface area (Å²) in [6.45, 7) is 1.78. The zero-order chi connectivity index (χ0) is 15.9. The number of hydrogen-bond acceptors (Lipinski definition) is 3. The molecule has 0 aliphatic rings. The Hall–Kier alpha value is -2.59. The van der Waals surface area contributed by atoms with E-state index < -0.39 is 0 Å². The van der Waals surface area contributed by atoms with Crippen LogP contribution in [0.2, 0.25) is 0 Å². The molecule has 0 atom stereocenters. The maximum Gasteiger partial charge on any atom is 0.213 e. The summed E-state index contributed by atoms with van der Waals surface area (Å²) in [6, 6.07) is 18.6. The van der Waals surface area contributed by atoms with Gasteiger partial charge in [0, 0.05) is 24.5 Å². The molecule has 3 rings (SSSR count). The van der Waals surface area contributed by atoms with Gasteiger partial charge in [-0.25, -0.2) is 4.98 Å². The van der Waals surface area contributed by atoms with Gasteiger partial charge in [-0.05, 0) is 36.7 Å². The molecule has 1 aromatic carbocycles. The van der Waals surface area contributed by atoms with Crippen LogP contribution in [0.1, 0.15) is 11.3 Å². The zero-order valence-corrected chi connectivity index (χ0v) is 13.3. The number of ether oxygens (including phenoxy) is 1. The average molecular weight is 307 g/mol. The summed E-state index contributed by atoms with van der Waals surface area (Å²) >= 11 is 0. The van der Waals surface area contributed by atoms with Crippen LogP contribution in [0.5, 0.6) is 5.88 Å². The van der Waals surface area contributed by atoms with Crippen molar-refractivity contribution < 1.29 is 4.74 Å². The first kappa shape index (κ1) is 15.3. The van der Waals surface area contributed by atoms with Crippen molar-refractivity contribution in [2.24, 2.45) is 0 Å². The van der Waals surface area contributed by atoms with Crippen LogP contribution < -0.4 is 10.1 Å². The zero-order valence-electron chi connectivity index (χ0n) is 13.3. The number of pyridine rings is 1. The van der Waals surface area contributed by atoms with Gasteiger partial charge in [-0.3, -0.25) is 0 Å². The molecular weight excluding hydrogens is 286 g/mol. The Morgan fingerprint density at radius 3 is 2.65 bits per heavy atom. The summed E-state index contributed by atoms with van der Waals surface area (Å²) in [5, 5.41) is 3.50. The van der Waals surface area contributed by atoms with E-state index in [0.717, 1.165) is 25.2 Å². The Morgan fingerprint density at radius 1 is 1.04 bits per heavy atom. The van der Waals surface area contributed by atoms with Gasteiger partial charge in [-0.15, -0.1) is 0 Å². The summed E-state index contributed by atoms with van der Waals surface area (Å²) in [5.41, 5.74) is 3.61. The highest BCUT2D eigenvalue weighted by Crippen LogP contribution is 2.14. The first-order valence-electron chi connectivity index (χ1n) is 7.78. The first-order chi connectivity index (χ1) is 11.4. The molecule has 4 heteroatoms. The summed E-state index contributed by atoms with van der Waals surface area (Å²) < 4.78 is 7.25. The van der Waals surface area contributed by atoms with E-state index in [1.54, 1.807) is 7.11 Å². The summed E-state index contributed by atoms with van der Waals surface area (Å²) in [6.07, 6.45) is 4.91. The van der Waals surface area contributed by atoms with Crippen molar-refractivity contribution in [1.29, 1.82) is 0 Å². The molecule has 0 unspecified atom stereocenters. The quantitative estimate of drug-likeness (QED) is 0.681. The number of aromatic nitrogens is 2. The minimum absolute atomic E-state index is 0.628. The molecule has 23 heavy (non-hydrogen) atoms. The predicted molar refractivity (Wildman–Crippen MR) is 92.0 cm³/mol. The molecule has 2 aromatic heterocycles. The van der Waals surface area contributed by atoms with E-state index in [9.17, 15) is 0 Å². The highest BCUT2D eigenvalue weighted by Gasteiger charge is 2.04. The minimum atomic E-state index is 0.628. The highest BCUT2D eigenvalue weighted by atomic mass is 16.5. The second kappa shape index (κ2) is 7.61. The predicted octanol–water partition coefficient (Wildman–Crippen LogP) is 3.21. The van der Waals surface area contributed by atoms with E-state index in [2.05, 4.69) is 57.5 Å². The molecule has 3 aromatic rings. The number of hydrogen-bond donors (Lipinski definition) is 1. The fourth-order valence-electron chi connectivity index (χ4n) is 2.54. The van der Waals surface area contributed by atoms with E-state index in [4.69, 9.17) is 4.74 Å². The maximum atomic E-state index is 5.11. The second-order valence-electron chi connectivity index (χ2n) is 5.34. The van der Waals surface area contributed by atoms with Gasteiger partial charge < -0.3 is 14.6 Å². The smallest absolute Gasteiger partial charge is 0.213 e. The molecular formula is C19H21N3O. The van der Waals surface area contributed by atoms with Crippen LogP contribution in [0.4, 0.5) is 0 Å². The Morgan fingerprint density at radius 2 is 1.91 bits per heavy atom. The van der Waals surface area contributed by atoms with Gasteiger partial charge >= 0.3 is 0 Å². The molecule has 118 valence electrons. The van der Waals surface area contributed by atoms with E-state index in [1.807, 2.05) is 24.4 Å². The SMILES string of the molecule is COc1ccc(-n2cccc2CNCCc2ccccc2)cn1. The van der Waals surface area contributed by atoms with Gasteiger partial charge in [-0.2, -0.15) is 0 Å². The third-order valence-electron chi connectivity index (χ3n) is 3.78. The summed E-state index contributed by atoms with van der Waals surface area (Å²) in [5.74, 6) is 0.628. The van der Waals surface area contributed by atoms with Crippen molar-refractivity contribution >= 4 is 0 Å². The van der Waals surface area contributed by atoms with Gasteiger partial charge in [0.15, 0.2) is 0 Å². The molecule has 0 radical (unpaired) electrons. The minimum Gasteiger partial charge on any atom is -0.481 e. The lowest BCUT2D eigenvalue weighted by atomic mass is 10.1. The van der Waals surface area contributed by atoms with E-state index in [-0.39, 0.29) is 0 Å². The number of methoxy groups -OCH3 is 1. The third-order valence-corrected chi connectivity index (χ3v) is 3.78. The number of benzene rings is 1. The Labute approximate surface area is 136 Å². The molecule has 2 heterocycles. The molecule has 0 saturated carbocycles. The second-order valence-corrected chi connectivity index (χ2v) is 5.34. The molecule has 1 N–H and O–H groups in total. The van der Waals surface area contributed by atoms with Crippen LogP contribution in [-0.2, 0) is 13.0 Å². The molecule has 4 nitrogen and oxygen atoms in total. The van der Waals surface area contributed by atoms with Crippen LogP contribution >= 0.6 is 0 Å². The van der Waals surface area contributed by atoms with Gasteiger partial charge in [0.25, 0.3) is 0 Å². The molecule has 0 spiro atoms. The topological polar surface area (TPSA) is 39.1 Å². The Kier molecular flexibility index (Phi) is 5.06. The fourth-order valence-corrected chi connectivity index (χ4v) is 2.54. The highest BCUT2D eigenvalue weighted by molar-refractivity contribution is 5.34. The van der Waals surface area contributed by atoms with E-state index in [0.29, 0.717) is 5.88 Å². The van der Waals surface area contributed by atoms with Crippen LogP contribution in [-0.4, -0.2) is 23.2 Å². The van der Waals surface area contributed by atoms with Crippen LogP contribution in [0.3, 0.4) is 0 Å². The fraction of sp³-hybridized carbons (Fsp3) is 0.211. The normalized spacial score (nSPS) is 10.7. The Balaban J connectivity index is 1.57. The summed E-state index contributed by atoms with van der Waals surface area (Å²) in [7, 11) is 1.62. The standard InChI is InChI=1S/C19H21N3O/c1-23-19-10-9-18(15-21-19)22-13-5-8-17(22)14-20-12-11-16-6-3-2-4-7-16/h2-10,13,15,20H,11-12,14H2,1H3. The lowest BCUT2D eigenvalue weighted by Gasteiger charge is -2.10. The van der Waals surface area contributed by atoms with Crippen molar-refractivity contribution in [3.05, 3.63) is 78.2 Å². The largest absolute Gasteiger partial charge is 0.481 e. The van der Waals surface area contributed by atoms with E-state index >= 15 is 0 Å². The van der Waals surface area contributed by atoms with Crippen LogP contribution in [0.25, 0.3) is 5.69 Å². The van der Waals surface area contributed by atoms with Crippen molar-refractivity contribution in [1.82, 2.24) is 14.9 Å². The van der Waals surface area contributed by atoms with Crippen molar-refractivity contribution in [2.75, 3.05) is 13.7 Å². The molecule has 0 bridgehead atoms. The number of nitrogens with one attached hydrogen (secondary N) is 1. The Bertz CT molecular complexity index is 720. The molecule has 0 fully saturated rings. The lowest BCUT2D eigenvalue weighted by Crippen LogP contribution is -2.18. The third kappa shape index (κ3) is 3.99. The van der Waals surface area contributed by atoms with Crippen molar-refractivity contribution in [2.45, 2.75) is 13.0 Å². The average Bonchev–Trinajstić information content (AvgIpc) is 3.08. The molecule has 0 saturated heterocycles. The number of nitrogens with zero attached hydrogens (tertiary/aromatic N) is 2. The maximum absolute atomic E-state index is 5.11. The van der Waals surface area contributed by atoms with Crippen LogP contribution in [0, 0.1) is 0 Å². The van der Waals surface area contributed by atoms with Crippen LogP contribution in [0.15, 0.2) is 67.0 Å². The van der Waals surface area contributed by atoms with Gasteiger partial charge in [-0.1, -0.05) is 30.3 Å². The van der Waals surface area contributed by atoms with E-state index in [1.165, 1.54) is 11.3 Å². The first-order valence-corrected chi connectivity index (χ1v) is 7.78. The van der Waals surface area contributed by atoms with Crippen molar-refractivity contribution in [3.63, 3.8) is 0 Å². The summed E-state index contributed by atoms with van der Waals surface area (Å²) in [4.78, 5) is 4.27. The number of rotatable bonds is 7. The van der Waals surface area contributed by atoms with Gasteiger partial charge in [0.05, 0.1) is 19.0 Å². The van der Waals surface area contributed by atoms with Gasteiger partial charge in [0.2, 0.25) is 5.88 Å².